The van der Waals surface area contributed by atoms with Gasteiger partial charge in [-0.2, -0.15) is 0 Å². The topological polar surface area (TPSA) is 168 Å². The van der Waals surface area contributed by atoms with Gasteiger partial charge in [0.15, 0.2) is 11.4 Å². The largest absolute Gasteiger partial charge is 0.510 e. The Kier molecular flexibility index (Phi) is 6.68. The first-order chi connectivity index (χ1) is 20.3. The van der Waals surface area contributed by atoms with Gasteiger partial charge in [0.1, 0.15) is 22.8 Å². The lowest BCUT2D eigenvalue weighted by Gasteiger charge is -2.50. The number of aromatic hydroxyl groups is 1. The Morgan fingerprint density at radius 3 is 2.26 bits per heavy atom. The summed E-state index contributed by atoms with van der Waals surface area (Å²) in [7, 11) is 6.92. The molecule has 1 aliphatic heterocycles. The first-order valence-corrected chi connectivity index (χ1v) is 14.3. The molecule has 0 saturated carbocycles. The second-order valence-electron chi connectivity index (χ2n) is 12.5. The summed E-state index contributed by atoms with van der Waals surface area (Å²) in [5.41, 5.74) is 6.11. The standard InChI is InChI=1S/C32H36N4O7/c1-34(2)21-11-18(14-36-12-15-7-5-6-8-16(15)13-36)26(37)23-19(21)9-17-10-20-25(35(3)4)28(39)24(31(33)42)30(41)32(20,43)29(40)22(17)27(23)38/h5-8,11,17,20,25,37,39-40,43H,9-10,12-14H2,1-4H3,(H2,33,42)/t17-,20-,25-,32-/m0/s1. The maximum absolute atomic E-state index is 14.2. The number of hydrogen-bond acceptors (Lipinski definition) is 10. The predicted molar refractivity (Wildman–Crippen MR) is 157 cm³/mol. The number of carbonyl (C=O) groups is 3. The van der Waals surface area contributed by atoms with E-state index in [2.05, 4.69) is 17.0 Å². The lowest BCUT2D eigenvalue weighted by atomic mass is 9.58. The SMILES string of the molecule is CN(C)c1cc(CN2Cc3ccccc3C2)c(O)c2c1C[C@H]1C[C@H]3[C@H](N(C)C)C(O)=C(C(N)=O)C(=O)[C@@]3(O)C(O)=C1C2=O. The molecule has 6 N–H and O–H groups in total. The number of amides is 1. The second kappa shape index (κ2) is 9.94. The fraction of sp³-hybridized carbons (Fsp3) is 0.406. The molecular weight excluding hydrogens is 552 g/mol. The van der Waals surface area contributed by atoms with E-state index < -0.39 is 58.0 Å². The number of ketones is 2. The minimum Gasteiger partial charge on any atom is -0.510 e. The summed E-state index contributed by atoms with van der Waals surface area (Å²) in [6.07, 6.45) is 0.290. The smallest absolute Gasteiger partial charge is 0.255 e. The molecule has 0 spiro atoms. The number of nitrogens with two attached hydrogens (primary N) is 1. The van der Waals surface area contributed by atoms with Crippen LogP contribution in [0.4, 0.5) is 5.69 Å². The van der Waals surface area contributed by atoms with Crippen molar-refractivity contribution >= 4 is 23.2 Å². The van der Waals surface area contributed by atoms with Crippen LogP contribution < -0.4 is 10.6 Å². The Morgan fingerprint density at radius 1 is 1.07 bits per heavy atom. The summed E-state index contributed by atoms with van der Waals surface area (Å²) in [5, 5.41) is 46.0. The number of carbonyl (C=O) groups excluding carboxylic acids is 3. The van der Waals surface area contributed by atoms with E-state index in [4.69, 9.17) is 5.73 Å². The number of likely N-dealkylation sites (N-methyl/N-ethyl adjacent to an activating group) is 1. The highest BCUT2D eigenvalue weighted by molar-refractivity contribution is 6.25. The summed E-state index contributed by atoms with van der Waals surface area (Å²) in [4.78, 5) is 45.6. The molecule has 0 bridgehead atoms. The minimum absolute atomic E-state index is 0.0266. The van der Waals surface area contributed by atoms with Gasteiger partial charge in [0, 0.05) is 56.5 Å². The van der Waals surface area contributed by atoms with Gasteiger partial charge in [-0.05, 0) is 55.6 Å². The van der Waals surface area contributed by atoms with Gasteiger partial charge in [-0.1, -0.05) is 24.3 Å². The number of aliphatic hydroxyl groups is 3. The Morgan fingerprint density at radius 2 is 1.70 bits per heavy atom. The van der Waals surface area contributed by atoms with Crippen LogP contribution in [0.25, 0.3) is 0 Å². The monoisotopic (exact) mass is 588 g/mol. The number of anilines is 1. The van der Waals surface area contributed by atoms with Gasteiger partial charge >= 0.3 is 0 Å². The molecule has 0 saturated heterocycles. The second-order valence-corrected chi connectivity index (χ2v) is 12.5. The number of primary amides is 1. The summed E-state index contributed by atoms with van der Waals surface area (Å²) in [5.74, 6) is -6.52. The number of benzene rings is 2. The van der Waals surface area contributed by atoms with Crippen molar-refractivity contribution in [3.8, 4) is 5.75 Å². The van der Waals surface area contributed by atoms with Gasteiger partial charge in [0.2, 0.25) is 5.78 Å². The first-order valence-electron chi connectivity index (χ1n) is 14.3. The Balaban J connectivity index is 1.47. The number of hydrogen-bond donors (Lipinski definition) is 5. The number of nitrogens with zero attached hydrogens (tertiary/aromatic N) is 3. The zero-order valence-corrected chi connectivity index (χ0v) is 24.6. The molecule has 1 heterocycles. The summed E-state index contributed by atoms with van der Waals surface area (Å²) >= 11 is 0. The Bertz CT molecular complexity index is 1630. The van der Waals surface area contributed by atoms with Crippen LogP contribution in [0.1, 0.15) is 39.0 Å². The zero-order chi connectivity index (χ0) is 31.1. The van der Waals surface area contributed by atoms with Crippen LogP contribution in [0.2, 0.25) is 0 Å². The summed E-state index contributed by atoms with van der Waals surface area (Å²) in [6.45, 7) is 1.76. The quantitative estimate of drug-likeness (QED) is 0.324. The first kappa shape index (κ1) is 28.9. The average Bonchev–Trinajstić information content (AvgIpc) is 3.34. The average molecular weight is 589 g/mol. The Hall–Kier alpha value is -4.19. The molecule has 11 nitrogen and oxygen atoms in total. The molecule has 6 rings (SSSR count). The number of allylic oxidation sites excluding steroid dienone is 1. The van der Waals surface area contributed by atoms with Crippen molar-refractivity contribution in [3.63, 3.8) is 0 Å². The highest BCUT2D eigenvalue weighted by Crippen LogP contribution is 2.53. The van der Waals surface area contributed by atoms with Gasteiger partial charge in [-0.3, -0.25) is 24.2 Å². The summed E-state index contributed by atoms with van der Waals surface area (Å²) in [6, 6.07) is 8.97. The molecule has 0 radical (unpaired) electrons. The normalized spacial score (nSPS) is 26.8. The van der Waals surface area contributed by atoms with Crippen molar-refractivity contribution in [2.24, 2.45) is 17.6 Å². The van der Waals surface area contributed by atoms with Crippen LogP contribution >= 0.6 is 0 Å². The van der Waals surface area contributed by atoms with E-state index in [1.807, 2.05) is 37.2 Å². The highest BCUT2D eigenvalue weighted by atomic mass is 16.3. The number of phenolic OH excluding ortho intramolecular Hbond substituents is 1. The van der Waals surface area contributed by atoms with Crippen LogP contribution in [-0.2, 0) is 35.6 Å². The van der Waals surface area contributed by atoms with E-state index in [0.29, 0.717) is 30.8 Å². The number of Topliss-reactive ketones (excluding diaryl/α,β-unsaturated/α-hetero) is 2. The third-order valence-corrected chi connectivity index (χ3v) is 9.56. The lowest BCUT2D eigenvalue weighted by molar-refractivity contribution is -0.148. The van der Waals surface area contributed by atoms with Crippen molar-refractivity contribution in [2.45, 2.75) is 44.1 Å². The predicted octanol–water partition coefficient (Wildman–Crippen LogP) is 1.70. The van der Waals surface area contributed by atoms with E-state index >= 15 is 0 Å². The number of aliphatic hydroxyl groups excluding tert-OH is 2. The van der Waals surface area contributed by atoms with Crippen molar-refractivity contribution in [1.29, 1.82) is 0 Å². The Labute approximate surface area is 249 Å². The molecular formula is C32H36N4O7. The van der Waals surface area contributed by atoms with Crippen LogP contribution in [-0.4, -0.2) is 87.5 Å². The van der Waals surface area contributed by atoms with E-state index in [0.717, 1.165) is 5.69 Å². The van der Waals surface area contributed by atoms with Crippen LogP contribution in [0.3, 0.4) is 0 Å². The molecule has 226 valence electrons. The number of phenols is 1. The van der Waals surface area contributed by atoms with E-state index in [9.17, 15) is 34.8 Å². The molecule has 3 aliphatic carbocycles. The van der Waals surface area contributed by atoms with Gasteiger partial charge in [-0.15, -0.1) is 0 Å². The molecule has 11 heteroatoms. The molecule has 43 heavy (non-hydrogen) atoms. The van der Waals surface area contributed by atoms with Crippen LogP contribution in [0, 0.1) is 11.8 Å². The van der Waals surface area contributed by atoms with Crippen molar-refractivity contribution in [3.05, 3.63) is 80.8 Å². The maximum atomic E-state index is 14.2. The van der Waals surface area contributed by atoms with Gasteiger partial charge in [0.05, 0.1) is 11.6 Å². The molecule has 4 atom stereocenters. The minimum atomic E-state index is -2.66. The molecule has 0 fully saturated rings. The fourth-order valence-electron chi connectivity index (χ4n) is 7.63. The molecule has 2 aromatic carbocycles. The fourth-order valence-corrected chi connectivity index (χ4v) is 7.63. The maximum Gasteiger partial charge on any atom is 0.255 e. The number of rotatable bonds is 5. The van der Waals surface area contributed by atoms with E-state index in [1.165, 1.54) is 16.0 Å². The third-order valence-electron chi connectivity index (χ3n) is 9.56. The van der Waals surface area contributed by atoms with E-state index in [-0.39, 0.29) is 29.7 Å². The molecule has 2 aromatic rings. The van der Waals surface area contributed by atoms with Crippen LogP contribution in [0.5, 0.6) is 5.75 Å². The molecule has 1 amide bonds. The van der Waals surface area contributed by atoms with Gasteiger partial charge in [-0.25, -0.2) is 0 Å². The lowest BCUT2D eigenvalue weighted by Crippen LogP contribution is -2.63. The van der Waals surface area contributed by atoms with Gasteiger partial charge < -0.3 is 31.1 Å². The van der Waals surface area contributed by atoms with Crippen molar-refractivity contribution in [1.82, 2.24) is 9.80 Å². The molecule has 0 unspecified atom stereocenters. The number of fused-ring (bicyclic) bond motifs is 4. The van der Waals surface area contributed by atoms with Crippen molar-refractivity contribution in [2.75, 3.05) is 33.1 Å². The third kappa shape index (κ3) is 4.10. The summed E-state index contributed by atoms with van der Waals surface area (Å²) < 4.78 is 0. The zero-order valence-electron chi connectivity index (χ0n) is 24.6. The van der Waals surface area contributed by atoms with Crippen LogP contribution in [0.15, 0.2) is 53.0 Å². The highest BCUT2D eigenvalue weighted by Gasteiger charge is 2.63. The molecule has 4 aliphatic rings. The molecule has 0 aromatic heterocycles. The van der Waals surface area contributed by atoms with Gasteiger partial charge in [0.25, 0.3) is 5.91 Å². The van der Waals surface area contributed by atoms with Crippen molar-refractivity contribution < 1.29 is 34.8 Å². The van der Waals surface area contributed by atoms with E-state index in [1.54, 1.807) is 14.1 Å².